The van der Waals surface area contributed by atoms with Crippen LogP contribution in [0.3, 0.4) is 0 Å². The maximum Gasteiger partial charge on any atom is 0.331 e. The number of hydrogen-bond donors (Lipinski definition) is 1. The molecule has 0 unspecified atom stereocenters. The lowest BCUT2D eigenvalue weighted by Crippen LogP contribution is -2.21. The zero-order chi connectivity index (χ0) is 20.8. The Hall–Kier alpha value is -2.23. The number of esters is 1. The Morgan fingerprint density at radius 3 is 2.36 bits per heavy atom. The zero-order valence-electron chi connectivity index (χ0n) is 17.9. The molecule has 0 fully saturated rings. The molecule has 1 aromatic carbocycles. The summed E-state index contributed by atoms with van der Waals surface area (Å²) in [6.45, 7) is 11.9. The van der Waals surface area contributed by atoms with E-state index in [1.807, 2.05) is 25.1 Å². The predicted molar refractivity (Wildman–Crippen MR) is 119 cm³/mol. The van der Waals surface area contributed by atoms with Crippen LogP contribution >= 0.6 is 0 Å². The van der Waals surface area contributed by atoms with Crippen molar-refractivity contribution in [1.82, 2.24) is 0 Å². The van der Waals surface area contributed by atoms with E-state index in [-0.39, 0.29) is 11.7 Å². The molecule has 0 aliphatic carbocycles. The molecule has 0 aromatic heterocycles. The van der Waals surface area contributed by atoms with E-state index in [0.29, 0.717) is 17.7 Å². The van der Waals surface area contributed by atoms with Crippen molar-refractivity contribution in [2.45, 2.75) is 65.7 Å². The molecule has 0 saturated heterocycles. The maximum absolute atomic E-state index is 12.0. The van der Waals surface area contributed by atoms with E-state index in [0.717, 1.165) is 38.0 Å². The number of benzene rings is 1. The van der Waals surface area contributed by atoms with Crippen LogP contribution in [0.25, 0.3) is 5.57 Å². The zero-order valence-corrected chi connectivity index (χ0v) is 17.9. The SMILES string of the molecule is C=CCCCCCCCCOC(=O)C=C(C)c1ccc(N(CC)CC)cc1O. The number of rotatable bonds is 14. The Labute approximate surface area is 170 Å². The minimum Gasteiger partial charge on any atom is -0.507 e. The Balaban J connectivity index is 2.42. The van der Waals surface area contributed by atoms with E-state index in [1.54, 1.807) is 6.07 Å². The summed E-state index contributed by atoms with van der Waals surface area (Å²) in [6, 6.07) is 5.58. The van der Waals surface area contributed by atoms with Gasteiger partial charge in [0.15, 0.2) is 0 Å². The molecule has 0 aliphatic rings. The Morgan fingerprint density at radius 2 is 1.75 bits per heavy atom. The lowest BCUT2D eigenvalue weighted by atomic mass is 10.0. The minimum absolute atomic E-state index is 0.183. The van der Waals surface area contributed by atoms with E-state index >= 15 is 0 Å². The van der Waals surface area contributed by atoms with Gasteiger partial charge in [0.1, 0.15) is 5.75 Å². The van der Waals surface area contributed by atoms with Gasteiger partial charge in [0, 0.05) is 36.5 Å². The number of nitrogens with zero attached hydrogens (tertiary/aromatic N) is 1. The summed E-state index contributed by atoms with van der Waals surface area (Å²) < 4.78 is 5.30. The molecule has 1 N–H and O–H groups in total. The molecule has 0 amide bonds. The third-order valence-electron chi connectivity index (χ3n) is 4.92. The van der Waals surface area contributed by atoms with Crippen molar-refractivity contribution < 1.29 is 14.6 Å². The van der Waals surface area contributed by atoms with Gasteiger partial charge >= 0.3 is 5.97 Å². The van der Waals surface area contributed by atoms with Crippen molar-refractivity contribution in [3.8, 4) is 5.75 Å². The maximum atomic E-state index is 12.0. The fourth-order valence-electron chi connectivity index (χ4n) is 3.21. The average molecular weight is 388 g/mol. The number of anilines is 1. The van der Waals surface area contributed by atoms with Gasteiger partial charge in [-0.2, -0.15) is 0 Å². The van der Waals surface area contributed by atoms with Crippen molar-refractivity contribution in [1.29, 1.82) is 0 Å². The van der Waals surface area contributed by atoms with Gasteiger partial charge in [0.2, 0.25) is 0 Å². The first kappa shape index (κ1) is 23.8. The molecule has 156 valence electrons. The molecule has 0 bridgehead atoms. The molecule has 0 heterocycles. The van der Waals surface area contributed by atoms with Crippen molar-refractivity contribution >= 4 is 17.2 Å². The molecule has 4 heteroatoms. The molecule has 1 rings (SSSR count). The van der Waals surface area contributed by atoms with E-state index in [2.05, 4.69) is 25.3 Å². The largest absolute Gasteiger partial charge is 0.507 e. The number of ether oxygens (including phenoxy) is 1. The van der Waals surface area contributed by atoms with E-state index in [1.165, 1.54) is 31.8 Å². The summed E-state index contributed by atoms with van der Waals surface area (Å²) in [5.41, 5.74) is 2.34. The summed E-state index contributed by atoms with van der Waals surface area (Å²) in [7, 11) is 0. The number of carbonyl (C=O) groups excluding carboxylic acids is 1. The van der Waals surface area contributed by atoms with E-state index in [9.17, 15) is 9.90 Å². The fourth-order valence-corrected chi connectivity index (χ4v) is 3.21. The third kappa shape index (κ3) is 8.64. The highest BCUT2D eigenvalue weighted by molar-refractivity contribution is 5.91. The average Bonchev–Trinajstić information content (AvgIpc) is 2.67. The Morgan fingerprint density at radius 1 is 1.11 bits per heavy atom. The molecular formula is C24H37NO3. The van der Waals surface area contributed by atoms with Gasteiger partial charge in [0.25, 0.3) is 0 Å². The second-order valence-corrected chi connectivity index (χ2v) is 7.07. The van der Waals surface area contributed by atoms with Crippen molar-refractivity contribution in [2.24, 2.45) is 0 Å². The standard InChI is InChI=1S/C24H37NO3/c1-5-8-9-10-11-12-13-14-17-28-24(27)18-20(4)22-16-15-21(19-23(22)26)25(6-2)7-3/h5,15-16,18-19,26H,1,6-14,17H2,2-4H3. The van der Waals surface area contributed by atoms with Crippen LogP contribution < -0.4 is 4.90 Å². The van der Waals surface area contributed by atoms with Crippen molar-refractivity contribution in [2.75, 3.05) is 24.6 Å². The summed E-state index contributed by atoms with van der Waals surface area (Å²) >= 11 is 0. The summed E-state index contributed by atoms with van der Waals surface area (Å²) in [5.74, 6) is -0.168. The molecule has 0 atom stereocenters. The smallest absolute Gasteiger partial charge is 0.331 e. The number of phenols is 1. The van der Waals surface area contributed by atoms with Crippen molar-refractivity contribution in [3.63, 3.8) is 0 Å². The number of hydrogen-bond acceptors (Lipinski definition) is 4. The lowest BCUT2D eigenvalue weighted by Gasteiger charge is -2.21. The van der Waals surface area contributed by atoms with Gasteiger partial charge < -0.3 is 14.7 Å². The molecule has 28 heavy (non-hydrogen) atoms. The van der Waals surface area contributed by atoms with Crippen LogP contribution in [-0.2, 0) is 9.53 Å². The monoisotopic (exact) mass is 387 g/mol. The van der Waals surface area contributed by atoms with Gasteiger partial charge in [-0.05, 0) is 57.7 Å². The normalized spacial score (nSPS) is 11.3. The summed E-state index contributed by atoms with van der Waals surface area (Å²) in [6.07, 6.45) is 11.4. The topological polar surface area (TPSA) is 49.8 Å². The first-order valence-corrected chi connectivity index (χ1v) is 10.6. The summed E-state index contributed by atoms with van der Waals surface area (Å²) in [4.78, 5) is 14.2. The highest BCUT2D eigenvalue weighted by Crippen LogP contribution is 2.29. The van der Waals surface area contributed by atoms with Gasteiger partial charge in [0.05, 0.1) is 6.61 Å². The number of carbonyl (C=O) groups is 1. The Kier molecular flexibility index (Phi) is 11.8. The molecule has 0 saturated carbocycles. The van der Waals surface area contributed by atoms with Crippen LogP contribution in [0.1, 0.15) is 71.3 Å². The quantitative estimate of drug-likeness (QED) is 0.181. The van der Waals surface area contributed by atoms with Crippen LogP contribution in [0.4, 0.5) is 5.69 Å². The lowest BCUT2D eigenvalue weighted by molar-refractivity contribution is -0.137. The van der Waals surface area contributed by atoms with Crippen LogP contribution in [0.5, 0.6) is 5.75 Å². The van der Waals surface area contributed by atoms with Crippen molar-refractivity contribution in [3.05, 3.63) is 42.5 Å². The van der Waals surface area contributed by atoms with Crippen LogP contribution in [0.2, 0.25) is 0 Å². The third-order valence-corrected chi connectivity index (χ3v) is 4.92. The second kappa shape index (κ2) is 13.9. The first-order chi connectivity index (χ1) is 13.5. The predicted octanol–water partition coefficient (Wildman–Crippen LogP) is 6.10. The molecule has 0 aliphatic heterocycles. The number of allylic oxidation sites excluding steroid dienone is 2. The molecule has 0 radical (unpaired) electrons. The minimum atomic E-state index is -0.351. The first-order valence-electron chi connectivity index (χ1n) is 10.6. The second-order valence-electron chi connectivity index (χ2n) is 7.07. The van der Waals surface area contributed by atoms with Crippen LogP contribution in [0, 0.1) is 0 Å². The molecular weight excluding hydrogens is 350 g/mol. The van der Waals surface area contributed by atoms with E-state index in [4.69, 9.17) is 4.74 Å². The molecule has 0 spiro atoms. The highest BCUT2D eigenvalue weighted by atomic mass is 16.5. The summed E-state index contributed by atoms with van der Waals surface area (Å²) in [5, 5.41) is 10.3. The molecule has 1 aromatic rings. The van der Waals surface area contributed by atoms with E-state index < -0.39 is 0 Å². The van der Waals surface area contributed by atoms with Gasteiger partial charge in [-0.15, -0.1) is 6.58 Å². The number of unbranched alkanes of at least 4 members (excludes halogenated alkanes) is 6. The number of aromatic hydroxyl groups is 1. The van der Waals surface area contributed by atoms with Gasteiger partial charge in [-0.25, -0.2) is 4.79 Å². The fraction of sp³-hybridized carbons (Fsp3) is 0.542. The van der Waals surface area contributed by atoms with Gasteiger partial charge in [-0.1, -0.05) is 31.8 Å². The number of phenolic OH excluding ortho intramolecular Hbond substituents is 1. The van der Waals surface area contributed by atoms with Gasteiger partial charge in [-0.3, -0.25) is 0 Å². The van der Waals surface area contributed by atoms with Crippen LogP contribution in [-0.4, -0.2) is 30.8 Å². The Bertz CT molecular complexity index is 633. The highest BCUT2D eigenvalue weighted by Gasteiger charge is 2.09. The van der Waals surface area contributed by atoms with Crippen LogP contribution in [0.15, 0.2) is 36.9 Å². The molecule has 4 nitrogen and oxygen atoms in total.